The maximum atomic E-state index is 12.5. The van der Waals surface area contributed by atoms with Crippen LogP contribution in [-0.2, 0) is 9.59 Å². The molecule has 1 aromatic rings. The number of carbonyl (C=O) groups is 2. The van der Waals surface area contributed by atoms with Gasteiger partial charge in [-0.3, -0.25) is 9.59 Å². The Bertz CT molecular complexity index is 605. The molecule has 2 unspecified atom stereocenters. The number of ether oxygens (including phenoxy) is 1. The second-order valence-electron chi connectivity index (χ2n) is 6.39. The van der Waals surface area contributed by atoms with E-state index in [2.05, 4.69) is 10.6 Å². The van der Waals surface area contributed by atoms with Crippen LogP contribution in [0.4, 0.5) is 11.4 Å². The highest BCUT2D eigenvalue weighted by atomic mass is 35.5. The first kappa shape index (κ1) is 20.3. The van der Waals surface area contributed by atoms with Gasteiger partial charge in [0.25, 0.3) is 0 Å². The van der Waals surface area contributed by atoms with E-state index >= 15 is 0 Å². The number of halogens is 1. The fourth-order valence-corrected chi connectivity index (χ4v) is 3.08. The number of nitrogens with one attached hydrogen (secondary N) is 2. The van der Waals surface area contributed by atoms with Gasteiger partial charge >= 0.3 is 0 Å². The van der Waals surface area contributed by atoms with Gasteiger partial charge in [0.15, 0.2) is 0 Å². The zero-order chi connectivity index (χ0) is 17.0. The van der Waals surface area contributed by atoms with Crippen LogP contribution in [0.1, 0.15) is 39.5 Å². The Morgan fingerprint density at radius 2 is 2.00 bits per heavy atom. The van der Waals surface area contributed by atoms with E-state index in [1.54, 1.807) is 18.2 Å². The maximum Gasteiger partial charge on any atom is 0.229 e. The van der Waals surface area contributed by atoms with E-state index in [1.807, 2.05) is 6.92 Å². The molecule has 6 nitrogen and oxygen atoms in total. The Morgan fingerprint density at radius 3 is 2.58 bits per heavy atom. The summed E-state index contributed by atoms with van der Waals surface area (Å²) in [4.78, 5) is 23.7. The van der Waals surface area contributed by atoms with Crippen LogP contribution in [0.2, 0.25) is 0 Å². The molecule has 0 radical (unpaired) electrons. The summed E-state index contributed by atoms with van der Waals surface area (Å²) in [6.07, 6.45) is 3.75. The van der Waals surface area contributed by atoms with Crippen LogP contribution in [0.15, 0.2) is 18.2 Å². The van der Waals surface area contributed by atoms with Gasteiger partial charge in [-0.1, -0.05) is 12.8 Å². The van der Waals surface area contributed by atoms with Crippen molar-refractivity contribution in [3.05, 3.63) is 18.2 Å². The molecule has 1 aliphatic carbocycles. The van der Waals surface area contributed by atoms with E-state index < -0.39 is 5.54 Å². The molecule has 0 aliphatic heterocycles. The van der Waals surface area contributed by atoms with Crippen LogP contribution < -0.4 is 21.1 Å². The third-order valence-electron chi connectivity index (χ3n) is 4.35. The number of hydrogen-bond donors (Lipinski definition) is 3. The minimum absolute atomic E-state index is 0. The van der Waals surface area contributed by atoms with Crippen molar-refractivity contribution < 1.29 is 14.3 Å². The van der Waals surface area contributed by atoms with Gasteiger partial charge in [0.05, 0.1) is 18.7 Å². The highest BCUT2D eigenvalue weighted by Gasteiger charge is 2.37. The molecule has 1 saturated carbocycles. The summed E-state index contributed by atoms with van der Waals surface area (Å²) in [5, 5.41) is 5.60. The molecule has 2 atom stereocenters. The number of benzene rings is 1. The molecule has 134 valence electrons. The van der Waals surface area contributed by atoms with Crippen molar-refractivity contribution in [1.82, 2.24) is 0 Å². The van der Waals surface area contributed by atoms with Gasteiger partial charge in [-0.15, -0.1) is 12.4 Å². The number of anilines is 2. The highest BCUT2D eigenvalue weighted by Crippen LogP contribution is 2.33. The quantitative estimate of drug-likeness (QED) is 0.774. The number of amides is 2. The number of carbonyl (C=O) groups excluding carboxylic acids is 2. The van der Waals surface area contributed by atoms with Crippen molar-refractivity contribution in [1.29, 1.82) is 0 Å². The fraction of sp³-hybridized carbons (Fsp3) is 0.529. The third kappa shape index (κ3) is 4.85. The lowest BCUT2D eigenvalue weighted by molar-refractivity contribution is -0.122. The van der Waals surface area contributed by atoms with E-state index in [0.717, 1.165) is 25.7 Å². The van der Waals surface area contributed by atoms with E-state index in [4.69, 9.17) is 10.5 Å². The fourth-order valence-electron chi connectivity index (χ4n) is 3.08. The lowest BCUT2D eigenvalue weighted by atomic mass is 9.74. The predicted molar refractivity (Wildman–Crippen MR) is 97.7 cm³/mol. The molecular formula is C17H26ClN3O3. The molecule has 0 aromatic heterocycles. The molecule has 1 aliphatic rings. The zero-order valence-electron chi connectivity index (χ0n) is 14.3. The van der Waals surface area contributed by atoms with Crippen molar-refractivity contribution >= 4 is 35.6 Å². The van der Waals surface area contributed by atoms with Gasteiger partial charge in [-0.2, -0.15) is 0 Å². The first-order chi connectivity index (χ1) is 10.8. The molecule has 4 N–H and O–H groups in total. The third-order valence-corrected chi connectivity index (χ3v) is 4.35. The molecule has 0 saturated heterocycles. The lowest BCUT2D eigenvalue weighted by Gasteiger charge is -2.37. The molecule has 0 heterocycles. The van der Waals surface area contributed by atoms with E-state index in [9.17, 15) is 9.59 Å². The number of hydrogen-bond acceptors (Lipinski definition) is 4. The predicted octanol–water partition coefficient (Wildman–Crippen LogP) is 2.92. The Morgan fingerprint density at radius 1 is 1.29 bits per heavy atom. The molecular weight excluding hydrogens is 330 g/mol. The Labute approximate surface area is 148 Å². The van der Waals surface area contributed by atoms with Crippen molar-refractivity contribution in [2.45, 2.75) is 45.1 Å². The van der Waals surface area contributed by atoms with Gasteiger partial charge in [-0.25, -0.2) is 0 Å². The summed E-state index contributed by atoms with van der Waals surface area (Å²) in [5.74, 6) is 0.0552. The minimum atomic E-state index is -0.470. The van der Waals surface area contributed by atoms with Crippen LogP contribution in [0, 0.1) is 5.92 Å². The lowest BCUT2D eigenvalue weighted by Crippen LogP contribution is -2.51. The average molecular weight is 356 g/mol. The van der Waals surface area contributed by atoms with Gasteiger partial charge in [0.1, 0.15) is 5.75 Å². The standard InChI is InChI=1S/C17H25N3O3.ClH/c1-11(21)19-14-8-7-12(10-15(14)23-3)20-16(22)13-6-4-5-9-17(13,2)18;/h7-8,10,13H,4-6,9,18H2,1-3H3,(H,19,21)(H,20,22);1H. The summed E-state index contributed by atoms with van der Waals surface area (Å²) >= 11 is 0. The van der Waals surface area contributed by atoms with Crippen LogP contribution in [0.3, 0.4) is 0 Å². The van der Waals surface area contributed by atoms with Gasteiger partial charge in [-0.05, 0) is 31.9 Å². The number of methoxy groups -OCH3 is 1. The second kappa shape index (κ2) is 8.35. The molecule has 1 aromatic carbocycles. The number of nitrogens with two attached hydrogens (primary N) is 1. The highest BCUT2D eigenvalue weighted by molar-refractivity contribution is 5.95. The van der Waals surface area contributed by atoms with Crippen molar-refractivity contribution in [3.8, 4) is 5.75 Å². The molecule has 0 spiro atoms. The first-order valence-corrected chi connectivity index (χ1v) is 7.89. The second-order valence-corrected chi connectivity index (χ2v) is 6.39. The summed E-state index contributed by atoms with van der Waals surface area (Å²) in [7, 11) is 1.52. The van der Waals surface area contributed by atoms with E-state index in [0.29, 0.717) is 17.1 Å². The largest absolute Gasteiger partial charge is 0.494 e. The van der Waals surface area contributed by atoms with Crippen LogP contribution in [0.5, 0.6) is 5.75 Å². The monoisotopic (exact) mass is 355 g/mol. The van der Waals surface area contributed by atoms with Crippen molar-refractivity contribution in [2.24, 2.45) is 11.7 Å². The maximum absolute atomic E-state index is 12.5. The van der Waals surface area contributed by atoms with E-state index in [-0.39, 0.29) is 30.1 Å². The van der Waals surface area contributed by atoms with E-state index in [1.165, 1.54) is 14.0 Å². The number of rotatable bonds is 4. The van der Waals surface area contributed by atoms with Crippen LogP contribution in [0.25, 0.3) is 0 Å². The molecule has 2 rings (SSSR count). The molecule has 7 heteroatoms. The van der Waals surface area contributed by atoms with Crippen LogP contribution >= 0.6 is 12.4 Å². The van der Waals surface area contributed by atoms with Crippen molar-refractivity contribution in [2.75, 3.05) is 17.7 Å². The zero-order valence-corrected chi connectivity index (χ0v) is 15.2. The smallest absolute Gasteiger partial charge is 0.229 e. The van der Waals surface area contributed by atoms with Gasteiger partial charge in [0.2, 0.25) is 11.8 Å². The SMILES string of the molecule is COc1cc(NC(=O)C2CCCCC2(C)N)ccc1NC(C)=O.Cl. The first-order valence-electron chi connectivity index (χ1n) is 7.89. The van der Waals surface area contributed by atoms with Crippen LogP contribution in [-0.4, -0.2) is 24.5 Å². The summed E-state index contributed by atoms with van der Waals surface area (Å²) in [6, 6.07) is 5.14. The summed E-state index contributed by atoms with van der Waals surface area (Å²) in [6.45, 7) is 3.37. The summed E-state index contributed by atoms with van der Waals surface area (Å²) < 4.78 is 5.26. The average Bonchev–Trinajstić information content (AvgIpc) is 2.47. The molecule has 24 heavy (non-hydrogen) atoms. The molecule has 0 bridgehead atoms. The normalized spacial score (nSPS) is 22.9. The Balaban J connectivity index is 0.00000288. The Kier molecular flexibility index (Phi) is 7.05. The van der Waals surface area contributed by atoms with Crippen molar-refractivity contribution in [3.63, 3.8) is 0 Å². The topological polar surface area (TPSA) is 93.4 Å². The Hall–Kier alpha value is -1.79. The van der Waals surface area contributed by atoms with Gasteiger partial charge < -0.3 is 21.1 Å². The van der Waals surface area contributed by atoms with Gasteiger partial charge in [0, 0.05) is 24.2 Å². The molecule has 2 amide bonds. The molecule has 1 fully saturated rings. The minimum Gasteiger partial charge on any atom is -0.494 e. The summed E-state index contributed by atoms with van der Waals surface area (Å²) in [5.41, 5.74) is 7.00.